The minimum absolute atomic E-state index is 0.308. The van der Waals surface area contributed by atoms with Crippen LogP contribution in [0.2, 0.25) is 0 Å². The smallest absolute Gasteiger partial charge is 0.245 e. The van der Waals surface area contributed by atoms with Gasteiger partial charge in [0.1, 0.15) is 12.3 Å². The van der Waals surface area contributed by atoms with Crippen LogP contribution in [0.25, 0.3) is 0 Å². The molecule has 0 heterocycles. The lowest BCUT2D eigenvalue weighted by atomic mass is 10.0. The number of hydrogen-bond donors (Lipinski definition) is 1. The first-order valence-electron chi connectivity index (χ1n) is 8.22. The minimum Gasteiger partial charge on any atom is -0.497 e. The average molecular weight is 376 g/mol. The van der Waals surface area contributed by atoms with Crippen molar-refractivity contribution < 1.29 is 17.9 Å². The summed E-state index contributed by atoms with van der Waals surface area (Å²) in [6, 6.07) is 14.0. The molecule has 0 aromatic heterocycles. The molecule has 0 bridgehead atoms. The van der Waals surface area contributed by atoms with Crippen molar-refractivity contribution in [3.05, 3.63) is 54.1 Å². The Morgan fingerprint density at radius 3 is 2.12 bits per heavy atom. The van der Waals surface area contributed by atoms with Crippen molar-refractivity contribution in [1.29, 1.82) is 0 Å². The predicted octanol–water partition coefficient (Wildman–Crippen LogP) is 3.22. The van der Waals surface area contributed by atoms with E-state index < -0.39 is 15.9 Å². The lowest BCUT2D eigenvalue weighted by molar-refractivity contribution is -0.114. The van der Waals surface area contributed by atoms with Crippen molar-refractivity contribution in [1.82, 2.24) is 0 Å². The molecule has 2 aromatic carbocycles. The summed E-state index contributed by atoms with van der Waals surface area (Å²) in [6.07, 6.45) is 1.07. The van der Waals surface area contributed by atoms with Crippen LogP contribution in [0.4, 0.5) is 11.4 Å². The van der Waals surface area contributed by atoms with Gasteiger partial charge in [-0.3, -0.25) is 9.10 Å². The molecule has 26 heavy (non-hydrogen) atoms. The molecule has 0 fully saturated rings. The second kappa shape index (κ2) is 8.23. The number of anilines is 2. The van der Waals surface area contributed by atoms with Gasteiger partial charge in [-0.15, -0.1) is 0 Å². The molecule has 0 saturated heterocycles. The van der Waals surface area contributed by atoms with E-state index in [1.807, 2.05) is 24.3 Å². The molecule has 0 unspecified atom stereocenters. The fourth-order valence-electron chi connectivity index (χ4n) is 2.43. The first-order chi connectivity index (χ1) is 12.2. The number of hydrogen-bond acceptors (Lipinski definition) is 4. The van der Waals surface area contributed by atoms with E-state index in [0.717, 1.165) is 10.6 Å². The van der Waals surface area contributed by atoms with Gasteiger partial charge in [-0.05, 0) is 47.9 Å². The Bertz CT molecular complexity index is 844. The average Bonchev–Trinajstić information content (AvgIpc) is 2.59. The topological polar surface area (TPSA) is 75.7 Å². The number of amides is 1. The molecule has 0 atom stereocenters. The van der Waals surface area contributed by atoms with Crippen molar-refractivity contribution in [2.24, 2.45) is 0 Å². The Morgan fingerprint density at radius 2 is 1.65 bits per heavy atom. The Balaban J connectivity index is 2.13. The van der Waals surface area contributed by atoms with E-state index in [0.29, 0.717) is 23.0 Å². The maximum Gasteiger partial charge on any atom is 0.245 e. The first kappa shape index (κ1) is 19.8. The molecule has 7 heteroatoms. The summed E-state index contributed by atoms with van der Waals surface area (Å²) in [5.41, 5.74) is 2.19. The summed E-state index contributed by atoms with van der Waals surface area (Å²) in [7, 11) is -2.08. The number of carbonyl (C=O) groups is 1. The van der Waals surface area contributed by atoms with Crippen LogP contribution in [0.5, 0.6) is 5.75 Å². The number of benzene rings is 2. The van der Waals surface area contributed by atoms with E-state index >= 15 is 0 Å². The lowest BCUT2D eigenvalue weighted by Gasteiger charge is -2.22. The van der Waals surface area contributed by atoms with Crippen LogP contribution in [-0.2, 0) is 14.8 Å². The molecule has 0 aliphatic heterocycles. The van der Waals surface area contributed by atoms with E-state index in [-0.39, 0.29) is 6.54 Å². The summed E-state index contributed by atoms with van der Waals surface area (Å²) in [5, 5.41) is 2.73. The molecule has 0 aliphatic rings. The number of ether oxygens (including phenoxy) is 1. The lowest BCUT2D eigenvalue weighted by Crippen LogP contribution is -2.37. The maximum absolute atomic E-state index is 12.3. The minimum atomic E-state index is -3.61. The van der Waals surface area contributed by atoms with Crippen LogP contribution < -0.4 is 14.4 Å². The molecule has 6 nitrogen and oxygen atoms in total. The van der Waals surface area contributed by atoms with Crippen LogP contribution in [0.1, 0.15) is 25.3 Å². The number of carbonyl (C=O) groups excluding carboxylic acids is 1. The van der Waals surface area contributed by atoms with Crippen molar-refractivity contribution in [2.45, 2.75) is 19.8 Å². The highest BCUT2D eigenvalue weighted by Gasteiger charge is 2.21. The SMILES string of the molecule is COc1ccc(N(CC(=O)Nc2ccc(C(C)C)cc2)S(C)(=O)=O)cc1. The quantitative estimate of drug-likeness (QED) is 0.805. The number of nitrogens with zero attached hydrogens (tertiary/aromatic N) is 1. The third-order valence-electron chi connectivity index (χ3n) is 3.91. The summed E-state index contributed by atoms with van der Waals surface area (Å²) in [5.74, 6) is 0.594. The van der Waals surface area contributed by atoms with E-state index in [1.54, 1.807) is 24.3 Å². The molecular weight excluding hydrogens is 352 g/mol. The second-order valence-electron chi connectivity index (χ2n) is 6.29. The standard InChI is InChI=1S/C19H24N2O4S/c1-14(2)15-5-7-16(8-6-15)20-19(22)13-21(26(4,23)24)17-9-11-18(25-3)12-10-17/h5-12,14H,13H2,1-4H3,(H,20,22). The predicted molar refractivity (Wildman–Crippen MR) is 104 cm³/mol. The van der Waals surface area contributed by atoms with Gasteiger partial charge in [0.15, 0.2) is 0 Å². The molecule has 140 valence electrons. The maximum atomic E-state index is 12.3. The van der Waals surface area contributed by atoms with Gasteiger partial charge >= 0.3 is 0 Å². The van der Waals surface area contributed by atoms with Crippen molar-refractivity contribution in [2.75, 3.05) is 29.5 Å². The van der Waals surface area contributed by atoms with E-state index in [4.69, 9.17) is 4.74 Å². The largest absolute Gasteiger partial charge is 0.497 e. The normalized spacial score (nSPS) is 11.3. The zero-order chi connectivity index (χ0) is 19.3. The van der Waals surface area contributed by atoms with Gasteiger partial charge in [-0.2, -0.15) is 0 Å². The van der Waals surface area contributed by atoms with E-state index in [1.165, 1.54) is 12.7 Å². The zero-order valence-corrected chi connectivity index (χ0v) is 16.2. The number of methoxy groups -OCH3 is 1. The van der Waals surface area contributed by atoms with Gasteiger partial charge in [0.05, 0.1) is 19.1 Å². The highest BCUT2D eigenvalue weighted by atomic mass is 32.2. The highest BCUT2D eigenvalue weighted by molar-refractivity contribution is 7.92. The Kier molecular flexibility index (Phi) is 6.26. The molecule has 0 radical (unpaired) electrons. The van der Waals surface area contributed by atoms with Crippen molar-refractivity contribution in [3.63, 3.8) is 0 Å². The van der Waals surface area contributed by atoms with Gasteiger partial charge in [-0.1, -0.05) is 26.0 Å². The van der Waals surface area contributed by atoms with Crippen molar-refractivity contribution >= 4 is 27.3 Å². The Labute approximate surface area is 154 Å². The van der Waals surface area contributed by atoms with Gasteiger partial charge in [0.2, 0.25) is 15.9 Å². The molecule has 0 aliphatic carbocycles. The van der Waals surface area contributed by atoms with Gasteiger partial charge in [-0.25, -0.2) is 8.42 Å². The van der Waals surface area contributed by atoms with Crippen LogP contribution in [-0.4, -0.2) is 34.2 Å². The molecule has 2 aromatic rings. The molecule has 2 rings (SSSR count). The van der Waals surface area contributed by atoms with E-state index in [2.05, 4.69) is 19.2 Å². The summed E-state index contributed by atoms with van der Waals surface area (Å²) >= 11 is 0. The second-order valence-corrected chi connectivity index (χ2v) is 8.20. The monoisotopic (exact) mass is 376 g/mol. The molecule has 1 amide bonds. The summed E-state index contributed by atoms with van der Waals surface area (Å²) in [6.45, 7) is 3.87. The van der Waals surface area contributed by atoms with Gasteiger partial charge in [0, 0.05) is 5.69 Å². The molecule has 0 saturated carbocycles. The van der Waals surface area contributed by atoms with Crippen LogP contribution in [0.3, 0.4) is 0 Å². The fraction of sp³-hybridized carbons (Fsp3) is 0.316. The summed E-state index contributed by atoms with van der Waals surface area (Å²) in [4.78, 5) is 12.3. The van der Waals surface area contributed by atoms with Gasteiger partial charge < -0.3 is 10.1 Å². The van der Waals surface area contributed by atoms with Crippen LogP contribution in [0, 0.1) is 0 Å². The Morgan fingerprint density at radius 1 is 1.08 bits per heavy atom. The van der Waals surface area contributed by atoms with Gasteiger partial charge in [0.25, 0.3) is 0 Å². The number of nitrogens with one attached hydrogen (secondary N) is 1. The third-order valence-corrected chi connectivity index (χ3v) is 5.05. The van der Waals surface area contributed by atoms with E-state index in [9.17, 15) is 13.2 Å². The zero-order valence-electron chi connectivity index (χ0n) is 15.4. The fourth-order valence-corrected chi connectivity index (χ4v) is 3.29. The number of sulfonamides is 1. The highest BCUT2D eigenvalue weighted by Crippen LogP contribution is 2.22. The van der Waals surface area contributed by atoms with Crippen molar-refractivity contribution in [3.8, 4) is 5.75 Å². The molecule has 1 N–H and O–H groups in total. The first-order valence-corrected chi connectivity index (χ1v) is 10.1. The third kappa shape index (κ3) is 5.23. The number of rotatable bonds is 7. The van der Waals surface area contributed by atoms with Crippen LogP contribution >= 0.6 is 0 Å². The summed E-state index contributed by atoms with van der Waals surface area (Å²) < 4.78 is 30.4. The molecular formula is C19H24N2O4S. The molecule has 0 spiro atoms. The Hall–Kier alpha value is -2.54. The van der Waals surface area contributed by atoms with Crippen LogP contribution in [0.15, 0.2) is 48.5 Å².